The third-order valence-corrected chi connectivity index (χ3v) is 5.19. The number of nitrogens with one attached hydrogen (secondary N) is 3. The Labute approximate surface area is 144 Å². The van der Waals surface area contributed by atoms with E-state index in [2.05, 4.69) is 58.2 Å². The Bertz CT molecular complexity index is 684. The van der Waals surface area contributed by atoms with Crippen LogP contribution in [0.2, 0.25) is 0 Å². The Kier molecular flexibility index (Phi) is 4.39. The zero-order valence-electron chi connectivity index (χ0n) is 14.3. The Balaban J connectivity index is 1.63. The van der Waals surface area contributed by atoms with Gasteiger partial charge in [-0.05, 0) is 67.8 Å². The van der Waals surface area contributed by atoms with E-state index in [0.29, 0.717) is 12.0 Å². The Hall–Kier alpha value is -2.07. The highest BCUT2D eigenvalue weighted by Crippen LogP contribution is 2.33. The van der Waals surface area contributed by atoms with Crippen molar-refractivity contribution in [1.29, 1.82) is 0 Å². The number of nitrogens with zero attached hydrogens (tertiary/aromatic N) is 1. The van der Waals surface area contributed by atoms with Crippen molar-refractivity contribution < 1.29 is 0 Å². The number of hydrogen-bond acceptors (Lipinski definition) is 4. The standard InChI is InChI=1S/C20H26N4/c1-14-10-15(3-9-23-14)17-11-16-2-6-22-13-19(16)20(12-17)24-18-4-7-21-8-5-18/h2-3,6,10-12,18-19,21,23-24H,4-5,7-9,13H2,1H3. The second kappa shape index (κ2) is 6.81. The molecule has 4 rings (SSSR count). The summed E-state index contributed by atoms with van der Waals surface area (Å²) in [6.45, 7) is 6.11. The monoisotopic (exact) mass is 322 g/mol. The zero-order valence-corrected chi connectivity index (χ0v) is 14.3. The molecule has 0 aromatic rings. The lowest BCUT2D eigenvalue weighted by Gasteiger charge is -2.33. The van der Waals surface area contributed by atoms with Crippen molar-refractivity contribution in [3.8, 4) is 0 Å². The highest BCUT2D eigenvalue weighted by Gasteiger charge is 2.26. The lowest BCUT2D eigenvalue weighted by atomic mass is 9.83. The zero-order chi connectivity index (χ0) is 16.4. The largest absolute Gasteiger partial charge is 0.385 e. The van der Waals surface area contributed by atoms with Gasteiger partial charge in [0, 0.05) is 36.1 Å². The number of fused-ring (bicyclic) bond motifs is 1. The molecule has 4 aliphatic rings. The molecular formula is C20H26N4. The first-order valence-corrected chi connectivity index (χ1v) is 9.03. The number of aliphatic imine (C=N–C) groups is 1. The summed E-state index contributed by atoms with van der Waals surface area (Å²) in [7, 11) is 0. The van der Waals surface area contributed by atoms with Gasteiger partial charge in [-0.3, -0.25) is 4.99 Å². The van der Waals surface area contributed by atoms with Crippen LogP contribution < -0.4 is 16.0 Å². The van der Waals surface area contributed by atoms with E-state index in [-0.39, 0.29) is 0 Å². The minimum atomic E-state index is 0.390. The molecular weight excluding hydrogens is 296 g/mol. The van der Waals surface area contributed by atoms with Crippen LogP contribution in [0.3, 0.4) is 0 Å². The van der Waals surface area contributed by atoms with Gasteiger partial charge in [0.15, 0.2) is 0 Å². The maximum Gasteiger partial charge on any atom is 0.0513 e. The molecule has 4 heteroatoms. The van der Waals surface area contributed by atoms with Gasteiger partial charge in [-0.2, -0.15) is 0 Å². The molecule has 0 aromatic heterocycles. The second-order valence-corrected chi connectivity index (χ2v) is 6.97. The van der Waals surface area contributed by atoms with E-state index in [1.165, 1.54) is 41.0 Å². The molecule has 3 aliphatic heterocycles. The molecule has 1 atom stereocenters. The van der Waals surface area contributed by atoms with Crippen LogP contribution in [0.1, 0.15) is 19.8 Å². The molecule has 1 unspecified atom stereocenters. The van der Waals surface area contributed by atoms with Crippen LogP contribution in [0.25, 0.3) is 0 Å². The molecule has 0 aromatic carbocycles. The molecule has 3 N–H and O–H groups in total. The van der Waals surface area contributed by atoms with Crippen molar-refractivity contribution in [3.63, 3.8) is 0 Å². The van der Waals surface area contributed by atoms with E-state index in [4.69, 9.17) is 0 Å². The normalized spacial score (nSPS) is 27.0. The fourth-order valence-corrected chi connectivity index (χ4v) is 3.82. The van der Waals surface area contributed by atoms with Crippen molar-refractivity contribution in [2.24, 2.45) is 10.9 Å². The minimum absolute atomic E-state index is 0.390. The smallest absolute Gasteiger partial charge is 0.0513 e. The van der Waals surface area contributed by atoms with E-state index in [9.17, 15) is 0 Å². The lowest BCUT2D eigenvalue weighted by molar-refractivity contribution is 0.399. The molecule has 0 spiro atoms. The molecule has 24 heavy (non-hydrogen) atoms. The summed E-state index contributed by atoms with van der Waals surface area (Å²) >= 11 is 0. The van der Waals surface area contributed by atoms with Crippen molar-refractivity contribution in [1.82, 2.24) is 16.0 Å². The van der Waals surface area contributed by atoms with Gasteiger partial charge in [0.1, 0.15) is 0 Å². The summed E-state index contributed by atoms with van der Waals surface area (Å²) in [5.41, 5.74) is 6.58. The number of allylic oxidation sites excluding steroid dienone is 7. The van der Waals surface area contributed by atoms with Gasteiger partial charge in [-0.15, -0.1) is 0 Å². The summed E-state index contributed by atoms with van der Waals surface area (Å²) < 4.78 is 0. The second-order valence-electron chi connectivity index (χ2n) is 6.97. The summed E-state index contributed by atoms with van der Waals surface area (Å²) in [5, 5.41) is 10.6. The first kappa shape index (κ1) is 15.5. The van der Waals surface area contributed by atoms with E-state index in [1.54, 1.807) is 0 Å². The van der Waals surface area contributed by atoms with Gasteiger partial charge in [0.25, 0.3) is 0 Å². The fourth-order valence-electron chi connectivity index (χ4n) is 3.82. The Morgan fingerprint density at radius 2 is 2.00 bits per heavy atom. The molecule has 4 nitrogen and oxygen atoms in total. The fraction of sp³-hybridized carbons (Fsp3) is 0.450. The molecule has 1 saturated heterocycles. The molecule has 1 aliphatic carbocycles. The Morgan fingerprint density at radius 3 is 2.83 bits per heavy atom. The number of dihydropyridines is 2. The van der Waals surface area contributed by atoms with Gasteiger partial charge in [0.2, 0.25) is 0 Å². The predicted molar refractivity (Wildman–Crippen MR) is 100.0 cm³/mol. The molecule has 0 bridgehead atoms. The van der Waals surface area contributed by atoms with E-state index < -0.39 is 0 Å². The molecule has 0 amide bonds. The van der Waals surface area contributed by atoms with Crippen molar-refractivity contribution in [3.05, 3.63) is 58.5 Å². The van der Waals surface area contributed by atoms with E-state index in [0.717, 1.165) is 26.2 Å². The average Bonchev–Trinajstić information content (AvgIpc) is 2.62. The van der Waals surface area contributed by atoms with Crippen LogP contribution in [0, 0.1) is 5.92 Å². The van der Waals surface area contributed by atoms with Crippen LogP contribution in [-0.4, -0.2) is 38.4 Å². The van der Waals surface area contributed by atoms with Crippen LogP contribution in [0.15, 0.2) is 63.5 Å². The van der Waals surface area contributed by atoms with Gasteiger partial charge >= 0.3 is 0 Å². The summed E-state index contributed by atoms with van der Waals surface area (Å²) in [5.74, 6) is 0.390. The van der Waals surface area contributed by atoms with Crippen molar-refractivity contribution in [2.75, 3.05) is 26.2 Å². The molecule has 3 heterocycles. The molecule has 0 radical (unpaired) electrons. The molecule has 0 saturated carbocycles. The quantitative estimate of drug-likeness (QED) is 0.747. The third kappa shape index (κ3) is 3.24. The van der Waals surface area contributed by atoms with Gasteiger partial charge in [0.05, 0.1) is 6.54 Å². The first-order chi connectivity index (χ1) is 11.8. The third-order valence-electron chi connectivity index (χ3n) is 5.19. The van der Waals surface area contributed by atoms with Crippen LogP contribution in [-0.2, 0) is 0 Å². The average molecular weight is 322 g/mol. The van der Waals surface area contributed by atoms with Gasteiger partial charge in [-0.1, -0.05) is 12.2 Å². The lowest BCUT2D eigenvalue weighted by Crippen LogP contribution is -2.41. The summed E-state index contributed by atoms with van der Waals surface area (Å²) in [6, 6.07) is 0.572. The van der Waals surface area contributed by atoms with Crippen LogP contribution in [0.5, 0.6) is 0 Å². The van der Waals surface area contributed by atoms with Crippen LogP contribution in [0.4, 0.5) is 0 Å². The number of rotatable bonds is 3. The minimum Gasteiger partial charge on any atom is -0.385 e. The molecule has 126 valence electrons. The summed E-state index contributed by atoms with van der Waals surface area (Å²) in [4.78, 5) is 4.49. The highest BCUT2D eigenvalue weighted by molar-refractivity contribution is 5.76. The first-order valence-electron chi connectivity index (χ1n) is 9.03. The van der Waals surface area contributed by atoms with E-state index >= 15 is 0 Å². The van der Waals surface area contributed by atoms with E-state index in [1.807, 2.05) is 6.21 Å². The van der Waals surface area contributed by atoms with Crippen molar-refractivity contribution in [2.45, 2.75) is 25.8 Å². The van der Waals surface area contributed by atoms with Gasteiger partial charge in [-0.25, -0.2) is 0 Å². The topological polar surface area (TPSA) is 48.5 Å². The predicted octanol–water partition coefficient (Wildman–Crippen LogP) is 2.21. The molecule has 1 fully saturated rings. The SMILES string of the molecule is CC1=CC(C2=CC3=CC=NCC3C(NC3CCNCC3)=C2)=CCN1. The maximum atomic E-state index is 4.49. The number of hydrogen-bond donors (Lipinski definition) is 3. The number of piperidine rings is 1. The van der Waals surface area contributed by atoms with Crippen LogP contribution >= 0.6 is 0 Å². The summed E-state index contributed by atoms with van der Waals surface area (Å²) in [6.07, 6.45) is 15.7. The van der Waals surface area contributed by atoms with Gasteiger partial charge < -0.3 is 16.0 Å². The van der Waals surface area contributed by atoms with Crippen molar-refractivity contribution >= 4 is 6.21 Å². The Morgan fingerprint density at radius 1 is 1.12 bits per heavy atom. The highest BCUT2D eigenvalue weighted by atomic mass is 15.0. The maximum absolute atomic E-state index is 4.49.